The Morgan fingerprint density at radius 3 is 2.85 bits per heavy atom. The van der Waals surface area contributed by atoms with Crippen molar-refractivity contribution in [3.05, 3.63) is 17.8 Å². The van der Waals surface area contributed by atoms with Gasteiger partial charge in [-0.1, -0.05) is 0 Å². The van der Waals surface area contributed by atoms with Crippen LogP contribution in [0.3, 0.4) is 0 Å². The van der Waals surface area contributed by atoms with Crippen LogP contribution in [0, 0.1) is 0 Å². The maximum absolute atomic E-state index is 5.46. The summed E-state index contributed by atoms with van der Waals surface area (Å²) in [4.78, 5) is 4.09. The number of nitrogens with zero attached hydrogens (tertiary/aromatic N) is 1. The highest BCUT2D eigenvalue weighted by atomic mass is 16.5. The maximum Gasteiger partial charge on any atom is 0.195 e. The molecule has 0 saturated carbocycles. The number of ether oxygens (including phenoxy) is 1. The molecule has 13 heavy (non-hydrogen) atoms. The van der Waals surface area contributed by atoms with Crippen LogP contribution >= 0.6 is 0 Å². The summed E-state index contributed by atoms with van der Waals surface area (Å²) < 4.78 is 10.7. The van der Waals surface area contributed by atoms with Crippen LogP contribution in [0.15, 0.2) is 10.6 Å². The summed E-state index contributed by atoms with van der Waals surface area (Å²) in [5, 5.41) is 0. The normalized spacial score (nSPS) is 12.0. The molecule has 1 rings (SSSR count). The Morgan fingerprint density at radius 1 is 1.62 bits per heavy atom. The van der Waals surface area contributed by atoms with Crippen molar-refractivity contribution in [2.45, 2.75) is 25.9 Å². The van der Waals surface area contributed by atoms with E-state index in [2.05, 4.69) is 4.98 Å². The van der Waals surface area contributed by atoms with Gasteiger partial charge in [0.25, 0.3) is 0 Å². The highest BCUT2D eigenvalue weighted by Crippen LogP contribution is 2.24. The zero-order valence-corrected chi connectivity index (χ0v) is 8.33. The minimum atomic E-state index is -0.417. The van der Waals surface area contributed by atoms with Gasteiger partial charge in [0.05, 0.1) is 6.20 Å². The standard InChI is InChI=1S/C9H16N2O2/c1-9(2,12-3)7-6-11-8(13-7)4-5-10/h6H,4-5,10H2,1-3H3. The van der Waals surface area contributed by atoms with Gasteiger partial charge in [0.2, 0.25) is 0 Å². The monoisotopic (exact) mass is 184 g/mol. The Hall–Kier alpha value is -0.870. The van der Waals surface area contributed by atoms with Gasteiger partial charge in [-0.15, -0.1) is 0 Å². The van der Waals surface area contributed by atoms with E-state index in [1.54, 1.807) is 13.3 Å². The Kier molecular flexibility index (Phi) is 3.06. The van der Waals surface area contributed by atoms with Gasteiger partial charge in [0, 0.05) is 20.1 Å². The third-order valence-corrected chi connectivity index (χ3v) is 2.02. The number of nitrogens with two attached hydrogens (primary N) is 1. The summed E-state index contributed by atoms with van der Waals surface area (Å²) in [6, 6.07) is 0. The molecule has 74 valence electrons. The first-order valence-electron chi connectivity index (χ1n) is 4.30. The Morgan fingerprint density at radius 2 is 2.31 bits per heavy atom. The zero-order valence-electron chi connectivity index (χ0n) is 8.33. The molecule has 0 aliphatic heterocycles. The summed E-state index contributed by atoms with van der Waals surface area (Å²) in [5.41, 5.74) is 4.96. The number of hydrogen-bond donors (Lipinski definition) is 1. The highest BCUT2D eigenvalue weighted by molar-refractivity contribution is 5.03. The van der Waals surface area contributed by atoms with Gasteiger partial charge < -0.3 is 14.9 Å². The molecule has 0 amide bonds. The lowest BCUT2D eigenvalue weighted by Gasteiger charge is -2.18. The average molecular weight is 184 g/mol. The second kappa shape index (κ2) is 3.89. The third-order valence-electron chi connectivity index (χ3n) is 2.02. The molecule has 1 aromatic rings. The molecular formula is C9H16N2O2. The number of aromatic nitrogens is 1. The van der Waals surface area contributed by atoms with Crippen molar-refractivity contribution in [2.24, 2.45) is 5.73 Å². The third kappa shape index (κ3) is 2.29. The van der Waals surface area contributed by atoms with E-state index in [1.807, 2.05) is 13.8 Å². The van der Waals surface area contributed by atoms with Gasteiger partial charge in [0.1, 0.15) is 5.60 Å². The van der Waals surface area contributed by atoms with Crippen molar-refractivity contribution < 1.29 is 9.15 Å². The van der Waals surface area contributed by atoms with Crippen molar-refractivity contribution >= 4 is 0 Å². The lowest BCUT2D eigenvalue weighted by Crippen LogP contribution is -2.18. The lowest BCUT2D eigenvalue weighted by molar-refractivity contribution is 0.000132. The molecule has 0 spiro atoms. The minimum Gasteiger partial charge on any atom is -0.443 e. The molecular weight excluding hydrogens is 168 g/mol. The molecule has 0 unspecified atom stereocenters. The Balaban J connectivity index is 2.79. The fourth-order valence-corrected chi connectivity index (χ4v) is 0.928. The Labute approximate surface area is 78.1 Å². The zero-order chi connectivity index (χ0) is 9.90. The van der Waals surface area contributed by atoms with E-state index in [9.17, 15) is 0 Å². The average Bonchev–Trinajstić information content (AvgIpc) is 2.54. The predicted octanol–water partition coefficient (Wildman–Crippen LogP) is 1.06. The van der Waals surface area contributed by atoms with Crippen molar-refractivity contribution in [3.8, 4) is 0 Å². The topological polar surface area (TPSA) is 61.3 Å². The number of methoxy groups -OCH3 is 1. The molecule has 2 N–H and O–H groups in total. The molecule has 0 fully saturated rings. The molecule has 0 aliphatic rings. The quantitative estimate of drug-likeness (QED) is 0.760. The van der Waals surface area contributed by atoms with Crippen LogP contribution in [-0.2, 0) is 16.8 Å². The molecule has 4 heteroatoms. The smallest absolute Gasteiger partial charge is 0.195 e. The summed E-state index contributed by atoms with van der Waals surface area (Å²) in [6.07, 6.45) is 2.36. The van der Waals surface area contributed by atoms with Gasteiger partial charge in [-0.2, -0.15) is 0 Å². The van der Waals surface area contributed by atoms with E-state index in [-0.39, 0.29) is 0 Å². The highest BCUT2D eigenvalue weighted by Gasteiger charge is 2.24. The van der Waals surface area contributed by atoms with Crippen LogP contribution in [0.2, 0.25) is 0 Å². The van der Waals surface area contributed by atoms with Crippen LogP contribution in [0.4, 0.5) is 0 Å². The van der Waals surface area contributed by atoms with Crippen molar-refractivity contribution in [2.75, 3.05) is 13.7 Å². The van der Waals surface area contributed by atoms with Crippen molar-refractivity contribution in [3.63, 3.8) is 0 Å². The van der Waals surface area contributed by atoms with E-state index in [0.717, 1.165) is 5.76 Å². The van der Waals surface area contributed by atoms with Gasteiger partial charge in [-0.05, 0) is 13.8 Å². The summed E-state index contributed by atoms with van der Waals surface area (Å²) >= 11 is 0. The first-order chi connectivity index (χ1) is 6.10. The molecule has 4 nitrogen and oxygen atoms in total. The van der Waals surface area contributed by atoms with Crippen molar-refractivity contribution in [1.82, 2.24) is 4.98 Å². The second-order valence-electron chi connectivity index (χ2n) is 3.37. The minimum absolute atomic E-state index is 0.417. The van der Waals surface area contributed by atoms with Gasteiger partial charge >= 0.3 is 0 Å². The molecule has 1 aromatic heterocycles. The molecule has 0 saturated heterocycles. The molecule has 0 bridgehead atoms. The first kappa shape index (κ1) is 10.2. The number of oxazole rings is 1. The SMILES string of the molecule is COC(C)(C)c1cnc(CCN)o1. The van der Waals surface area contributed by atoms with Crippen LogP contribution in [0.25, 0.3) is 0 Å². The molecule has 0 aliphatic carbocycles. The Bertz CT molecular complexity index is 268. The van der Waals surface area contributed by atoms with Gasteiger partial charge in [-0.3, -0.25) is 0 Å². The number of hydrogen-bond acceptors (Lipinski definition) is 4. The maximum atomic E-state index is 5.46. The van der Waals surface area contributed by atoms with Gasteiger partial charge in [0.15, 0.2) is 11.7 Å². The van der Waals surface area contributed by atoms with E-state index in [0.29, 0.717) is 18.9 Å². The molecule has 0 radical (unpaired) electrons. The summed E-state index contributed by atoms with van der Waals surface area (Å²) in [7, 11) is 1.64. The second-order valence-corrected chi connectivity index (χ2v) is 3.37. The molecule has 0 atom stereocenters. The van der Waals surface area contributed by atoms with E-state index >= 15 is 0 Å². The van der Waals surface area contributed by atoms with Crippen LogP contribution in [0.5, 0.6) is 0 Å². The van der Waals surface area contributed by atoms with Crippen LogP contribution < -0.4 is 5.73 Å². The summed E-state index contributed by atoms with van der Waals surface area (Å²) in [6.45, 7) is 4.41. The van der Waals surface area contributed by atoms with E-state index in [1.165, 1.54) is 0 Å². The number of rotatable bonds is 4. The fourth-order valence-electron chi connectivity index (χ4n) is 0.928. The fraction of sp³-hybridized carbons (Fsp3) is 0.667. The van der Waals surface area contributed by atoms with Crippen molar-refractivity contribution in [1.29, 1.82) is 0 Å². The molecule has 1 heterocycles. The summed E-state index contributed by atoms with van der Waals surface area (Å²) in [5.74, 6) is 1.40. The largest absolute Gasteiger partial charge is 0.443 e. The van der Waals surface area contributed by atoms with E-state index < -0.39 is 5.60 Å². The van der Waals surface area contributed by atoms with Crippen LogP contribution in [0.1, 0.15) is 25.5 Å². The van der Waals surface area contributed by atoms with E-state index in [4.69, 9.17) is 14.9 Å². The molecule has 0 aromatic carbocycles. The van der Waals surface area contributed by atoms with Crippen LogP contribution in [-0.4, -0.2) is 18.6 Å². The lowest BCUT2D eigenvalue weighted by atomic mass is 10.1. The predicted molar refractivity (Wildman–Crippen MR) is 49.3 cm³/mol. The van der Waals surface area contributed by atoms with Gasteiger partial charge in [-0.25, -0.2) is 4.98 Å². The first-order valence-corrected chi connectivity index (χ1v) is 4.30.